The van der Waals surface area contributed by atoms with E-state index in [9.17, 15) is 19.2 Å². The lowest BCUT2D eigenvalue weighted by atomic mass is 10.0. The summed E-state index contributed by atoms with van der Waals surface area (Å²) in [4.78, 5) is 54.0. The van der Waals surface area contributed by atoms with Crippen LogP contribution in [0.4, 0.5) is 5.69 Å². The second kappa shape index (κ2) is 10.7. The predicted octanol–water partition coefficient (Wildman–Crippen LogP) is 3.90. The van der Waals surface area contributed by atoms with E-state index >= 15 is 0 Å². The summed E-state index contributed by atoms with van der Waals surface area (Å²) >= 11 is 6.10. The van der Waals surface area contributed by atoms with Gasteiger partial charge in [0.05, 0.1) is 24.8 Å². The number of benzene rings is 2. The summed E-state index contributed by atoms with van der Waals surface area (Å²) in [6.45, 7) is 5.49. The van der Waals surface area contributed by atoms with E-state index in [1.54, 1.807) is 37.3 Å². The lowest BCUT2D eigenvalue weighted by Gasteiger charge is -2.30. The van der Waals surface area contributed by atoms with Crippen LogP contribution >= 0.6 is 11.6 Å². The molecule has 1 heterocycles. The van der Waals surface area contributed by atoms with Crippen LogP contribution in [0.1, 0.15) is 49.0 Å². The van der Waals surface area contributed by atoms with Crippen molar-refractivity contribution in [2.24, 2.45) is 5.92 Å². The van der Waals surface area contributed by atoms with Crippen molar-refractivity contribution in [3.63, 3.8) is 0 Å². The fraction of sp³-hybridized carbons (Fsp3) is 0.360. The topological polar surface area (TPSA) is 96.0 Å². The highest BCUT2D eigenvalue weighted by Gasteiger charge is 2.46. The number of nitrogens with one attached hydrogen (secondary N) is 1. The summed E-state index contributed by atoms with van der Waals surface area (Å²) in [6.07, 6.45) is 0.837. The quantitative estimate of drug-likeness (QED) is 0.474. The second-order valence-electron chi connectivity index (χ2n) is 8.08. The Balaban J connectivity index is 2.03. The molecular formula is C25H28ClN3O5. The highest BCUT2D eigenvalue weighted by Crippen LogP contribution is 2.31. The fourth-order valence-corrected chi connectivity index (χ4v) is 4.15. The van der Waals surface area contributed by atoms with Gasteiger partial charge >= 0.3 is 0 Å². The molecule has 3 rings (SSSR count). The van der Waals surface area contributed by atoms with E-state index in [2.05, 4.69) is 5.43 Å². The number of methoxy groups -OCH3 is 1. The number of carbonyl (C=O) groups is 4. The average molecular weight is 486 g/mol. The van der Waals surface area contributed by atoms with Gasteiger partial charge in [0.1, 0.15) is 11.8 Å². The van der Waals surface area contributed by atoms with Gasteiger partial charge in [-0.3, -0.25) is 24.6 Å². The van der Waals surface area contributed by atoms with Crippen LogP contribution in [-0.2, 0) is 14.4 Å². The molecule has 1 fully saturated rings. The van der Waals surface area contributed by atoms with Gasteiger partial charge in [-0.05, 0) is 49.6 Å². The van der Waals surface area contributed by atoms with Gasteiger partial charge in [-0.1, -0.05) is 43.6 Å². The maximum absolute atomic E-state index is 13.6. The van der Waals surface area contributed by atoms with Gasteiger partial charge < -0.3 is 4.74 Å². The molecule has 0 aliphatic carbocycles. The van der Waals surface area contributed by atoms with Crippen molar-refractivity contribution in [3.05, 3.63) is 58.6 Å². The van der Waals surface area contributed by atoms with Gasteiger partial charge in [-0.25, -0.2) is 9.91 Å². The van der Waals surface area contributed by atoms with Crippen molar-refractivity contribution in [3.8, 4) is 5.75 Å². The van der Waals surface area contributed by atoms with Crippen LogP contribution in [0, 0.1) is 12.8 Å². The normalized spacial score (nSPS) is 15.6. The monoisotopic (exact) mass is 485 g/mol. The van der Waals surface area contributed by atoms with Gasteiger partial charge in [0.2, 0.25) is 11.8 Å². The third-order valence-electron chi connectivity index (χ3n) is 5.99. The number of aryl methyl sites for hydroxylation is 1. The molecule has 1 N–H and O–H groups in total. The van der Waals surface area contributed by atoms with Gasteiger partial charge in [0.15, 0.2) is 0 Å². The number of rotatable bonds is 7. The van der Waals surface area contributed by atoms with Crippen molar-refractivity contribution in [1.29, 1.82) is 0 Å². The van der Waals surface area contributed by atoms with Crippen LogP contribution in [0.5, 0.6) is 5.75 Å². The number of halogens is 1. The molecule has 1 aliphatic heterocycles. The zero-order chi connectivity index (χ0) is 25.0. The molecule has 8 nitrogen and oxygen atoms in total. The van der Waals surface area contributed by atoms with Crippen molar-refractivity contribution in [2.75, 3.05) is 12.0 Å². The molecule has 0 spiro atoms. The maximum Gasteiger partial charge on any atom is 0.276 e. The predicted molar refractivity (Wildman–Crippen MR) is 128 cm³/mol. The van der Waals surface area contributed by atoms with E-state index in [-0.39, 0.29) is 23.7 Å². The molecule has 2 aromatic rings. The average Bonchev–Trinajstić information content (AvgIpc) is 3.12. The van der Waals surface area contributed by atoms with Gasteiger partial charge in [-0.15, -0.1) is 0 Å². The molecule has 0 saturated carbocycles. The second-order valence-corrected chi connectivity index (χ2v) is 8.52. The van der Waals surface area contributed by atoms with E-state index in [1.807, 2.05) is 13.8 Å². The number of imide groups is 1. The molecule has 1 saturated heterocycles. The Bertz CT molecular complexity index is 1120. The standard InChI is InChI=1S/C25H28ClN3O5/c1-5-16(6-2)23(31)27-29(24(32)18-9-7-8-10-21(18)34-4)20-14-22(30)28(25(20)33)19-13-17(26)12-11-15(19)3/h7-13,16,20H,5-6,14H2,1-4H3,(H,27,31). The molecule has 1 atom stereocenters. The lowest BCUT2D eigenvalue weighted by Crippen LogP contribution is -2.56. The minimum Gasteiger partial charge on any atom is -0.496 e. The number of hydrogen-bond acceptors (Lipinski definition) is 5. The van der Waals surface area contributed by atoms with Crippen LogP contribution in [0.2, 0.25) is 5.02 Å². The summed E-state index contributed by atoms with van der Waals surface area (Å²) in [7, 11) is 1.42. The van der Waals surface area contributed by atoms with Crippen LogP contribution in [0.3, 0.4) is 0 Å². The Hall–Kier alpha value is -3.39. The van der Waals surface area contributed by atoms with Gasteiger partial charge in [0.25, 0.3) is 11.8 Å². The SMILES string of the molecule is CCC(CC)C(=O)NN(C(=O)c1ccccc1OC)C1CC(=O)N(c2cc(Cl)ccc2C)C1=O. The van der Waals surface area contributed by atoms with Gasteiger partial charge in [-0.2, -0.15) is 0 Å². The largest absolute Gasteiger partial charge is 0.496 e. The van der Waals surface area contributed by atoms with Crippen LogP contribution < -0.4 is 15.1 Å². The smallest absolute Gasteiger partial charge is 0.276 e. The molecule has 180 valence electrons. The van der Waals surface area contributed by atoms with Crippen LogP contribution in [-0.4, -0.2) is 41.8 Å². The van der Waals surface area contributed by atoms with Crippen molar-refractivity contribution >= 4 is 40.9 Å². The molecular weight excluding hydrogens is 458 g/mol. The third kappa shape index (κ3) is 4.92. The first-order chi connectivity index (χ1) is 16.2. The van der Waals surface area contributed by atoms with E-state index in [1.165, 1.54) is 19.2 Å². The molecule has 9 heteroatoms. The summed E-state index contributed by atoms with van der Waals surface area (Å²) in [5.41, 5.74) is 3.81. The van der Waals surface area contributed by atoms with E-state index in [4.69, 9.17) is 16.3 Å². The highest BCUT2D eigenvalue weighted by atomic mass is 35.5. The summed E-state index contributed by atoms with van der Waals surface area (Å²) in [6, 6.07) is 10.2. The van der Waals surface area contributed by atoms with Crippen molar-refractivity contribution < 1.29 is 23.9 Å². The number of ether oxygens (including phenoxy) is 1. The van der Waals surface area contributed by atoms with E-state index in [0.29, 0.717) is 29.1 Å². The number of hydrogen-bond donors (Lipinski definition) is 1. The maximum atomic E-state index is 13.6. The molecule has 0 radical (unpaired) electrons. The van der Waals surface area contributed by atoms with Crippen LogP contribution in [0.25, 0.3) is 0 Å². The third-order valence-corrected chi connectivity index (χ3v) is 6.22. The fourth-order valence-electron chi connectivity index (χ4n) is 3.98. The Morgan fingerprint density at radius 3 is 2.50 bits per heavy atom. The number of hydrazine groups is 1. The summed E-state index contributed by atoms with van der Waals surface area (Å²) in [5.74, 6) is -2.23. The molecule has 0 bridgehead atoms. The minimum atomic E-state index is -1.22. The Morgan fingerprint density at radius 1 is 1.18 bits per heavy atom. The molecule has 1 aliphatic rings. The Kier molecular flexibility index (Phi) is 7.94. The number of anilines is 1. The zero-order valence-corrected chi connectivity index (χ0v) is 20.4. The molecule has 0 aromatic heterocycles. The summed E-state index contributed by atoms with van der Waals surface area (Å²) in [5, 5.41) is 1.34. The van der Waals surface area contributed by atoms with E-state index < -0.39 is 29.7 Å². The van der Waals surface area contributed by atoms with Crippen molar-refractivity contribution in [1.82, 2.24) is 10.4 Å². The van der Waals surface area contributed by atoms with E-state index in [0.717, 1.165) is 9.91 Å². The number of para-hydroxylation sites is 1. The summed E-state index contributed by atoms with van der Waals surface area (Å²) < 4.78 is 5.30. The van der Waals surface area contributed by atoms with Gasteiger partial charge in [0, 0.05) is 10.9 Å². The first-order valence-electron chi connectivity index (χ1n) is 11.1. The number of carbonyl (C=O) groups excluding carboxylic acids is 4. The first-order valence-corrected chi connectivity index (χ1v) is 11.5. The minimum absolute atomic E-state index is 0.160. The zero-order valence-electron chi connectivity index (χ0n) is 19.6. The van der Waals surface area contributed by atoms with Crippen LogP contribution in [0.15, 0.2) is 42.5 Å². The molecule has 1 unspecified atom stereocenters. The molecule has 2 aromatic carbocycles. The lowest BCUT2D eigenvalue weighted by molar-refractivity contribution is -0.132. The molecule has 34 heavy (non-hydrogen) atoms. The number of nitrogens with zero attached hydrogens (tertiary/aromatic N) is 2. The Labute approximate surface area is 203 Å². The first kappa shape index (κ1) is 25.2. The molecule has 4 amide bonds. The number of amides is 4. The highest BCUT2D eigenvalue weighted by molar-refractivity contribution is 6.31. The van der Waals surface area contributed by atoms with Crippen molar-refractivity contribution in [2.45, 2.75) is 46.1 Å². The Morgan fingerprint density at radius 2 is 1.85 bits per heavy atom.